The number of carbonyl (C=O) groups is 1. The molecule has 2 fully saturated rings. The number of aromatic nitrogens is 3. The van der Waals surface area contributed by atoms with Gasteiger partial charge in [-0.2, -0.15) is 5.10 Å². The van der Waals surface area contributed by atoms with Gasteiger partial charge in [-0.15, -0.1) is 0 Å². The topological polar surface area (TPSA) is 64.3 Å². The van der Waals surface area contributed by atoms with Crippen LogP contribution in [0.5, 0.6) is 0 Å². The first-order valence-electron chi connectivity index (χ1n) is 12.1. The van der Waals surface area contributed by atoms with Crippen LogP contribution in [-0.2, 0) is 16.8 Å². The molecular formula is C26H31N5O2. The Morgan fingerprint density at radius 2 is 2.00 bits per heavy atom. The van der Waals surface area contributed by atoms with Crippen molar-refractivity contribution in [2.45, 2.75) is 57.2 Å². The van der Waals surface area contributed by atoms with Crippen molar-refractivity contribution in [3.05, 3.63) is 65.7 Å². The summed E-state index contributed by atoms with van der Waals surface area (Å²) in [5, 5.41) is 8.34. The number of aryl methyl sites for hydroxylation is 2. The van der Waals surface area contributed by atoms with Crippen molar-refractivity contribution >= 4 is 11.6 Å². The summed E-state index contributed by atoms with van der Waals surface area (Å²) in [5.74, 6) is 0.0935. The number of rotatable bonds is 3. The van der Waals surface area contributed by atoms with Gasteiger partial charge in [0, 0.05) is 38.4 Å². The van der Waals surface area contributed by atoms with Gasteiger partial charge in [0.25, 0.3) is 5.91 Å². The van der Waals surface area contributed by atoms with Crippen molar-refractivity contribution in [1.29, 1.82) is 0 Å². The van der Waals surface area contributed by atoms with E-state index in [0.29, 0.717) is 19.7 Å². The van der Waals surface area contributed by atoms with Crippen LogP contribution in [0, 0.1) is 6.92 Å². The first kappa shape index (κ1) is 20.5. The van der Waals surface area contributed by atoms with Crippen molar-refractivity contribution in [1.82, 2.24) is 19.2 Å². The number of ether oxygens (including phenoxy) is 1. The van der Waals surface area contributed by atoms with Gasteiger partial charge in [-0.3, -0.25) is 9.48 Å². The largest absolute Gasteiger partial charge is 0.372 e. The van der Waals surface area contributed by atoms with Crippen molar-refractivity contribution in [2.75, 3.05) is 25.0 Å². The van der Waals surface area contributed by atoms with Gasteiger partial charge in [-0.1, -0.05) is 19.1 Å². The molecule has 2 aromatic heterocycles. The number of piperidine rings is 1. The molecule has 1 N–H and O–H groups in total. The number of benzene rings is 1. The highest BCUT2D eigenvalue weighted by Gasteiger charge is 2.54. The average molecular weight is 446 g/mol. The monoisotopic (exact) mass is 445 g/mol. The lowest BCUT2D eigenvalue weighted by Gasteiger charge is -2.41. The number of anilines is 1. The highest BCUT2D eigenvalue weighted by atomic mass is 16.5. The zero-order chi connectivity index (χ0) is 22.6. The molecule has 2 spiro atoms. The highest BCUT2D eigenvalue weighted by Crippen LogP contribution is 2.50. The van der Waals surface area contributed by atoms with E-state index in [4.69, 9.17) is 4.74 Å². The van der Waals surface area contributed by atoms with Crippen LogP contribution in [0.15, 0.2) is 48.8 Å². The fourth-order valence-electron chi connectivity index (χ4n) is 5.95. The maximum atomic E-state index is 13.2. The Labute approximate surface area is 194 Å². The molecule has 0 aliphatic carbocycles. The number of hydrogen-bond acceptors (Lipinski definition) is 4. The van der Waals surface area contributed by atoms with Gasteiger partial charge in [0.15, 0.2) is 0 Å². The summed E-state index contributed by atoms with van der Waals surface area (Å²) in [6.45, 7) is 6.95. The molecule has 5 heterocycles. The molecule has 3 aromatic rings. The summed E-state index contributed by atoms with van der Waals surface area (Å²) in [5.41, 5.74) is 4.70. The Bertz CT molecular complexity index is 1200. The van der Waals surface area contributed by atoms with Crippen LogP contribution in [0.1, 0.15) is 54.4 Å². The van der Waals surface area contributed by atoms with E-state index in [-0.39, 0.29) is 17.0 Å². The summed E-state index contributed by atoms with van der Waals surface area (Å²) < 4.78 is 10.8. The number of carbonyl (C=O) groups excluding carboxylic acids is 1. The van der Waals surface area contributed by atoms with Crippen molar-refractivity contribution in [3.63, 3.8) is 0 Å². The second kappa shape index (κ2) is 7.48. The first-order valence-corrected chi connectivity index (χ1v) is 12.1. The maximum Gasteiger partial charge on any atom is 0.257 e. The number of hydrogen-bond donors (Lipinski definition) is 1. The lowest BCUT2D eigenvalue weighted by Crippen LogP contribution is -2.48. The highest BCUT2D eigenvalue weighted by molar-refractivity contribution is 5.95. The summed E-state index contributed by atoms with van der Waals surface area (Å²) in [6, 6.07) is 12.8. The molecule has 1 unspecified atom stereocenters. The Hall–Kier alpha value is -3.06. The van der Waals surface area contributed by atoms with Gasteiger partial charge >= 0.3 is 0 Å². The summed E-state index contributed by atoms with van der Waals surface area (Å²) in [7, 11) is 0. The number of fused-ring (bicyclic) bond motifs is 4. The van der Waals surface area contributed by atoms with Crippen LogP contribution in [0.2, 0.25) is 0 Å². The number of amides is 1. The zero-order valence-corrected chi connectivity index (χ0v) is 19.4. The van der Waals surface area contributed by atoms with Gasteiger partial charge in [0.2, 0.25) is 0 Å². The number of para-hydroxylation sites is 2. The van der Waals surface area contributed by atoms with Crippen LogP contribution in [0.3, 0.4) is 0 Å². The molecule has 172 valence electrons. The van der Waals surface area contributed by atoms with Crippen LogP contribution in [-0.4, -0.2) is 50.5 Å². The van der Waals surface area contributed by atoms with E-state index in [9.17, 15) is 4.79 Å². The van der Waals surface area contributed by atoms with Crippen LogP contribution < -0.4 is 5.32 Å². The van der Waals surface area contributed by atoms with Gasteiger partial charge in [0.1, 0.15) is 5.54 Å². The van der Waals surface area contributed by atoms with Gasteiger partial charge in [-0.05, 0) is 50.5 Å². The number of nitrogens with one attached hydrogen (secondary N) is 1. The molecule has 3 aliphatic heterocycles. The third-order valence-electron chi connectivity index (χ3n) is 7.62. The molecule has 2 saturated heterocycles. The molecule has 0 bridgehead atoms. The summed E-state index contributed by atoms with van der Waals surface area (Å²) >= 11 is 0. The summed E-state index contributed by atoms with van der Waals surface area (Å²) in [4.78, 5) is 15.2. The third kappa shape index (κ3) is 3.21. The van der Waals surface area contributed by atoms with Gasteiger partial charge in [-0.25, -0.2) is 0 Å². The molecule has 7 nitrogen and oxygen atoms in total. The van der Waals surface area contributed by atoms with Crippen molar-refractivity contribution in [2.24, 2.45) is 0 Å². The fourth-order valence-corrected chi connectivity index (χ4v) is 5.95. The lowest BCUT2D eigenvalue weighted by molar-refractivity contribution is -0.0392. The molecule has 1 atom stereocenters. The SMILES string of the molecule is CCCn1cc(C(=O)N2CCC3(CC2)CC2(CO3)Nc3ccccc3-n3cccc32)c(C)n1. The fraction of sp³-hybridized carbons (Fsp3) is 0.462. The van der Waals surface area contributed by atoms with Crippen molar-refractivity contribution < 1.29 is 9.53 Å². The quantitative estimate of drug-likeness (QED) is 0.659. The molecular weight excluding hydrogens is 414 g/mol. The van der Waals surface area contributed by atoms with E-state index in [0.717, 1.165) is 49.2 Å². The maximum absolute atomic E-state index is 13.2. The van der Waals surface area contributed by atoms with E-state index in [1.165, 1.54) is 11.4 Å². The average Bonchev–Trinajstić information content (AvgIpc) is 3.54. The second-order valence-electron chi connectivity index (χ2n) is 9.82. The first-order chi connectivity index (χ1) is 16.0. The molecule has 7 heteroatoms. The minimum atomic E-state index is -0.234. The Morgan fingerprint density at radius 3 is 2.82 bits per heavy atom. The van der Waals surface area contributed by atoms with Gasteiger partial charge < -0.3 is 19.5 Å². The minimum Gasteiger partial charge on any atom is -0.372 e. The number of nitrogens with zero attached hydrogens (tertiary/aromatic N) is 4. The smallest absolute Gasteiger partial charge is 0.257 e. The lowest BCUT2D eigenvalue weighted by atomic mass is 9.79. The van der Waals surface area contributed by atoms with Crippen LogP contribution in [0.25, 0.3) is 5.69 Å². The number of likely N-dealkylation sites (tertiary alicyclic amines) is 1. The van der Waals surface area contributed by atoms with E-state index in [1.54, 1.807) is 0 Å². The normalized spacial score (nSPS) is 22.9. The summed E-state index contributed by atoms with van der Waals surface area (Å²) in [6.07, 6.45) is 7.67. The molecule has 1 aromatic carbocycles. The van der Waals surface area contributed by atoms with E-state index >= 15 is 0 Å². The molecule has 0 saturated carbocycles. The van der Waals surface area contributed by atoms with Crippen LogP contribution >= 0.6 is 0 Å². The van der Waals surface area contributed by atoms with E-state index < -0.39 is 0 Å². The Kier molecular flexibility index (Phi) is 4.66. The predicted octanol–water partition coefficient (Wildman–Crippen LogP) is 4.11. The van der Waals surface area contributed by atoms with Crippen molar-refractivity contribution in [3.8, 4) is 5.69 Å². The molecule has 3 aliphatic rings. The van der Waals surface area contributed by atoms with E-state index in [1.807, 2.05) is 22.7 Å². The molecule has 6 rings (SSSR count). The zero-order valence-electron chi connectivity index (χ0n) is 19.4. The van der Waals surface area contributed by atoms with E-state index in [2.05, 4.69) is 64.5 Å². The molecule has 1 amide bonds. The standard InChI is InChI=1S/C26H31N5O2/c1-3-12-30-16-20(19(2)28-30)24(32)29-14-10-25(11-15-29)17-26(18-33-25)23-9-6-13-31(23)22-8-5-4-7-21(22)27-26/h4-9,13,16,27H,3,10-12,14-15,17-18H2,1-2H3. The Balaban J connectivity index is 1.19. The minimum absolute atomic E-state index is 0.0935. The molecule has 33 heavy (non-hydrogen) atoms. The van der Waals surface area contributed by atoms with Crippen LogP contribution in [0.4, 0.5) is 5.69 Å². The third-order valence-corrected chi connectivity index (χ3v) is 7.62. The molecule has 0 radical (unpaired) electrons. The Morgan fingerprint density at radius 1 is 1.18 bits per heavy atom. The second-order valence-corrected chi connectivity index (χ2v) is 9.82. The predicted molar refractivity (Wildman–Crippen MR) is 127 cm³/mol. The van der Waals surface area contributed by atoms with Gasteiger partial charge in [0.05, 0.1) is 40.5 Å².